The standard InChI is InChI=1S/C17H28N2O/c1-6-13(10-18)17(20)19-16-8-7-14(11(2)3)9-15(16)12(4)5/h7-9,11-13H,6,10,18H2,1-5H3,(H,19,20). The van der Waals surface area contributed by atoms with E-state index < -0.39 is 0 Å². The summed E-state index contributed by atoms with van der Waals surface area (Å²) in [6, 6.07) is 6.32. The first kappa shape index (κ1) is 16.7. The number of carbonyl (C=O) groups excluding carboxylic acids is 1. The van der Waals surface area contributed by atoms with E-state index in [2.05, 4.69) is 45.1 Å². The van der Waals surface area contributed by atoms with E-state index in [9.17, 15) is 4.79 Å². The molecule has 0 heterocycles. The Morgan fingerprint density at radius 1 is 1.20 bits per heavy atom. The van der Waals surface area contributed by atoms with Gasteiger partial charge < -0.3 is 11.1 Å². The van der Waals surface area contributed by atoms with Gasteiger partial charge in [-0.2, -0.15) is 0 Å². The minimum absolute atomic E-state index is 0.0224. The summed E-state index contributed by atoms with van der Waals surface area (Å²) in [5.41, 5.74) is 9.05. The Balaban J connectivity index is 3.03. The summed E-state index contributed by atoms with van der Waals surface area (Å²) in [6.45, 7) is 11.0. The molecule has 0 saturated heterocycles. The van der Waals surface area contributed by atoms with E-state index >= 15 is 0 Å². The maximum Gasteiger partial charge on any atom is 0.228 e. The highest BCUT2D eigenvalue weighted by Crippen LogP contribution is 2.28. The first-order chi connectivity index (χ1) is 9.40. The van der Waals surface area contributed by atoms with E-state index in [4.69, 9.17) is 5.73 Å². The number of amides is 1. The quantitative estimate of drug-likeness (QED) is 0.829. The zero-order valence-corrected chi connectivity index (χ0v) is 13.4. The van der Waals surface area contributed by atoms with Gasteiger partial charge >= 0.3 is 0 Å². The Hall–Kier alpha value is -1.35. The Bertz CT molecular complexity index is 448. The van der Waals surface area contributed by atoms with Crippen molar-refractivity contribution < 1.29 is 4.79 Å². The van der Waals surface area contributed by atoms with Crippen LogP contribution < -0.4 is 11.1 Å². The zero-order chi connectivity index (χ0) is 15.3. The number of nitrogens with two attached hydrogens (primary N) is 1. The Kier molecular flexibility index (Phi) is 6.21. The van der Waals surface area contributed by atoms with Gasteiger partial charge in [0.25, 0.3) is 0 Å². The van der Waals surface area contributed by atoms with Gasteiger partial charge in [0.05, 0.1) is 5.92 Å². The lowest BCUT2D eigenvalue weighted by Gasteiger charge is -2.19. The zero-order valence-electron chi connectivity index (χ0n) is 13.4. The first-order valence-corrected chi connectivity index (χ1v) is 7.55. The SMILES string of the molecule is CCC(CN)C(=O)Nc1ccc(C(C)C)cc1C(C)C. The van der Waals surface area contributed by atoms with E-state index in [0.29, 0.717) is 18.4 Å². The molecule has 0 spiro atoms. The average molecular weight is 276 g/mol. The topological polar surface area (TPSA) is 55.1 Å². The van der Waals surface area contributed by atoms with E-state index in [-0.39, 0.29) is 11.8 Å². The van der Waals surface area contributed by atoms with Crippen LogP contribution in [0.4, 0.5) is 5.69 Å². The molecule has 0 fully saturated rings. The maximum atomic E-state index is 12.2. The molecule has 1 atom stereocenters. The van der Waals surface area contributed by atoms with Crippen LogP contribution >= 0.6 is 0 Å². The number of hydrogen-bond donors (Lipinski definition) is 2. The largest absolute Gasteiger partial charge is 0.330 e. The van der Waals surface area contributed by atoms with E-state index in [0.717, 1.165) is 12.1 Å². The van der Waals surface area contributed by atoms with Gasteiger partial charge in [-0.1, -0.05) is 46.8 Å². The number of benzene rings is 1. The highest BCUT2D eigenvalue weighted by Gasteiger charge is 2.17. The van der Waals surface area contributed by atoms with Gasteiger partial charge in [0, 0.05) is 12.2 Å². The smallest absolute Gasteiger partial charge is 0.228 e. The fraction of sp³-hybridized carbons (Fsp3) is 0.588. The highest BCUT2D eigenvalue weighted by molar-refractivity contribution is 5.93. The van der Waals surface area contributed by atoms with Crippen molar-refractivity contribution in [1.29, 1.82) is 0 Å². The van der Waals surface area contributed by atoms with Crippen molar-refractivity contribution >= 4 is 11.6 Å². The van der Waals surface area contributed by atoms with Gasteiger partial charge in [-0.05, 0) is 35.4 Å². The fourth-order valence-corrected chi connectivity index (χ4v) is 2.23. The number of hydrogen-bond acceptors (Lipinski definition) is 2. The van der Waals surface area contributed by atoms with Gasteiger partial charge in [-0.15, -0.1) is 0 Å². The van der Waals surface area contributed by atoms with Crippen LogP contribution in [0.25, 0.3) is 0 Å². The maximum absolute atomic E-state index is 12.2. The Morgan fingerprint density at radius 2 is 1.85 bits per heavy atom. The van der Waals surface area contributed by atoms with E-state index in [1.165, 1.54) is 11.1 Å². The molecule has 3 N–H and O–H groups in total. The van der Waals surface area contributed by atoms with Gasteiger partial charge in [-0.3, -0.25) is 4.79 Å². The Labute approximate surface area is 122 Å². The predicted molar refractivity (Wildman–Crippen MR) is 86.1 cm³/mol. The van der Waals surface area contributed by atoms with Gasteiger partial charge in [0.2, 0.25) is 5.91 Å². The van der Waals surface area contributed by atoms with Gasteiger partial charge in [-0.25, -0.2) is 0 Å². The van der Waals surface area contributed by atoms with Crippen molar-refractivity contribution in [3.63, 3.8) is 0 Å². The second-order valence-electron chi connectivity index (χ2n) is 5.99. The molecule has 0 aliphatic heterocycles. The van der Waals surface area contributed by atoms with E-state index in [1.807, 2.05) is 13.0 Å². The van der Waals surface area contributed by atoms with Crippen LogP contribution in [0.3, 0.4) is 0 Å². The van der Waals surface area contributed by atoms with Crippen molar-refractivity contribution in [2.75, 3.05) is 11.9 Å². The summed E-state index contributed by atoms with van der Waals surface area (Å²) >= 11 is 0. The van der Waals surface area contributed by atoms with Crippen molar-refractivity contribution in [2.45, 2.75) is 52.9 Å². The monoisotopic (exact) mass is 276 g/mol. The van der Waals surface area contributed by atoms with Gasteiger partial charge in [0.15, 0.2) is 0 Å². The fourth-order valence-electron chi connectivity index (χ4n) is 2.23. The Morgan fingerprint density at radius 3 is 2.30 bits per heavy atom. The molecule has 1 rings (SSSR count). The number of rotatable bonds is 6. The van der Waals surface area contributed by atoms with Crippen molar-refractivity contribution in [3.05, 3.63) is 29.3 Å². The molecular weight excluding hydrogens is 248 g/mol. The lowest BCUT2D eigenvalue weighted by Crippen LogP contribution is -2.29. The molecule has 1 aromatic rings. The third kappa shape index (κ3) is 4.07. The number of carbonyl (C=O) groups is 1. The highest BCUT2D eigenvalue weighted by atomic mass is 16.1. The molecule has 0 aliphatic carbocycles. The summed E-state index contributed by atoms with van der Waals surface area (Å²) in [4.78, 5) is 12.2. The summed E-state index contributed by atoms with van der Waals surface area (Å²) < 4.78 is 0. The van der Waals surface area contributed by atoms with Crippen LogP contribution in [0.1, 0.15) is 64.0 Å². The first-order valence-electron chi connectivity index (χ1n) is 7.55. The molecule has 0 aromatic heterocycles. The third-order valence-electron chi connectivity index (χ3n) is 3.77. The molecule has 0 aliphatic rings. The third-order valence-corrected chi connectivity index (χ3v) is 3.77. The molecule has 0 radical (unpaired) electrons. The van der Waals surface area contributed by atoms with E-state index in [1.54, 1.807) is 0 Å². The normalized spacial score (nSPS) is 12.8. The molecule has 1 amide bonds. The van der Waals surface area contributed by atoms with Crippen LogP contribution in [0, 0.1) is 5.92 Å². The summed E-state index contributed by atoms with van der Waals surface area (Å²) in [7, 11) is 0. The van der Waals surface area contributed by atoms with Crippen LogP contribution in [-0.4, -0.2) is 12.5 Å². The van der Waals surface area contributed by atoms with Crippen molar-refractivity contribution in [2.24, 2.45) is 11.7 Å². The number of anilines is 1. The minimum Gasteiger partial charge on any atom is -0.330 e. The van der Waals surface area contributed by atoms with Crippen LogP contribution in [0.15, 0.2) is 18.2 Å². The second-order valence-corrected chi connectivity index (χ2v) is 5.99. The molecule has 3 heteroatoms. The van der Waals surface area contributed by atoms with Crippen LogP contribution in [-0.2, 0) is 4.79 Å². The molecule has 1 aromatic carbocycles. The molecule has 20 heavy (non-hydrogen) atoms. The molecule has 1 unspecified atom stereocenters. The average Bonchev–Trinajstić information content (AvgIpc) is 2.39. The summed E-state index contributed by atoms with van der Waals surface area (Å²) in [6.07, 6.45) is 0.767. The van der Waals surface area contributed by atoms with Crippen molar-refractivity contribution in [3.8, 4) is 0 Å². The van der Waals surface area contributed by atoms with Crippen LogP contribution in [0.5, 0.6) is 0 Å². The predicted octanol–water partition coefficient (Wildman–Crippen LogP) is 3.86. The van der Waals surface area contributed by atoms with Crippen LogP contribution in [0.2, 0.25) is 0 Å². The lowest BCUT2D eigenvalue weighted by atomic mass is 9.94. The minimum atomic E-state index is -0.111. The molecular formula is C17H28N2O. The van der Waals surface area contributed by atoms with Crippen molar-refractivity contribution in [1.82, 2.24) is 0 Å². The second kappa shape index (κ2) is 7.44. The lowest BCUT2D eigenvalue weighted by molar-refractivity contribution is -0.119. The molecule has 0 bridgehead atoms. The van der Waals surface area contributed by atoms with Gasteiger partial charge in [0.1, 0.15) is 0 Å². The summed E-state index contributed by atoms with van der Waals surface area (Å²) in [5, 5.41) is 3.04. The molecule has 3 nitrogen and oxygen atoms in total. The summed E-state index contributed by atoms with van der Waals surface area (Å²) in [5.74, 6) is 0.778. The molecule has 0 saturated carbocycles. The number of nitrogens with one attached hydrogen (secondary N) is 1. The molecule has 112 valence electrons.